The molecule has 25 heavy (non-hydrogen) atoms. The van der Waals surface area contributed by atoms with Gasteiger partial charge in [0.15, 0.2) is 0 Å². The number of nitrogens with one attached hydrogen (secondary N) is 1. The fourth-order valence-corrected chi connectivity index (χ4v) is 2.86. The zero-order valence-corrected chi connectivity index (χ0v) is 13.3. The third kappa shape index (κ3) is 4.45. The highest BCUT2D eigenvalue weighted by Gasteiger charge is 2.33. The second-order valence-electron chi connectivity index (χ2n) is 5.94. The monoisotopic (exact) mass is 347 g/mol. The molecule has 1 aromatic carbocycles. The first-order valence-corrected chi connectivity index (χ1v) is 7.82. The molecule has 130 valence electrons. The summed E-state index contributed by atoms with van der Waals surface area (Å²) in [7, 11) is 0. The molecule has 5 nitrogen and oxygen atoms in total. The molecule has 8 heteroatoms. The number of halogens is 3. The molecule has 0 spiro atoms. The molecule has 3 rings (SSSR count). The van der Waals surface area contributed by atoms with Crippen molar-refractivity contribution >= 4 is 5.95 Å². The largest absolute Gasteiger partial charge is 0.433 e. The lowest BCUT2D eigenvalue weighted by atomic mass is 10.1. The fourth-order valence-electron chi connectivity index (χ4n) is 2.86. The van der Waals surface area contributed by atoms with Gasteiger partial charge in [-0.1, -0.05) is 12.1 Å². The zero-order chi connectivity index (χ0) is 17.9. The number of hydrogen-bond donors (Lipinski definition) is 1. The van der Waals surface area contributed by atoms with Crippen LogP contribution in [-0.2, 0) is 12.7 Å². The van der Waals surface area contributed by atoms with Crippen molar-refractivity contribution < 1.29 is 13.2 Å². The molecule has 1 unspecified atom stereocenters. The van der Waals surface area contributed by atoms with E-state index in [2.05, 4.69) is 26.3 Å². The van der Waals surface area contributed by atoms with E-state index in [0.29, 0.717) is 18.7 Å². The molecule has 1 N–H and O–H groups in total. The fraction of sp³-hybridized carbons (Fsp3) is 0.353. The highest BCUT2D eigenvalue weighted by atomic mass is 19.4. The topological polar surface area (TPSA) is 64.8 Å². The zero-order valence-electron chi connectivity index (χ0n) is 13.3. The van der Waals surface area contributed by atoms with E-state index < -0.39 is 11.9 Å². The predicted octanol–water partition coefficient (Wildman–Crippen LogP) is 3.05. The number of hydrogen-bond acceptors (Lipinski definition) is 5. The first kappa shape index (κ1) is 17.2. The molecule has 0 bridgehead atoms. The third-order valence-electron chi connectivity index (χ3n) is 4.01. The van der Waals surface area contributed by atoms with Gasteiger partial charge in [0.05, 0.1) is 11.6 Å². The Hall–Kier alpha value is -2.66. The van der Waals surface area contributed by atoms with Crippen LogP contribution in [-0.4, -0.2) is 34.0 Å². The van der Waals surface area contributed by atoms with Crippen LogP contribution in [0.15, 0.2) is 36.5 Å². The molecule has 1 saturated heterocycles. The molecular weight excluding hydrogens is 331 g/mol. The number of benzene rings is 1. The molecule has 0 radical (unpaired) electrons. The third-order valence-corrected chi connectivity index (χ3v) is 4.01. The summed E-state index contributed by atoms with van der Waals surface area (Å²) in [5.41, 5.74) is 0.701. The van der Waals surface area contributed by atoms with Crippen LogP contribution in [0.2, 0.25) is 0 Å². The van der Waals surface area contributed by atoms with Crippen molar-refractivity contribution in [2.45, 2.75) is 25.2 Å². The van der Waals surface area contributed by atoms with E-state index in [1.165, 1.54) is 0 Å². The van der Waals surface area contributed by atoms with E-state index in [0.717, 1.165) is 30.8 Å². The molecule has 0 amide bonds. The van der Waals surface area contributed by atoms with Gasteiger partial charge in [-0.3, -0.25) is 4.90 Å². The molecular formula is C17H16F3N5. The van der Waals surface area contributed by atoms with Crippen LogP contribution in [0.3, 0.4) is 0 Å². The molecule has 1 atom stereocenters. The number of nitriles is 1. The minimum atomic E-state index is -4.48. The van der Waals surface area contributed by atoms with Crippen LogP contribution in [0.1, 0.15) is 23.2 Å². The normalized spacial score (nSPS) is 18.1. The van der Waals surface area contributed by atoms with Crippen LogP contribution in [0.4, 0.5) is 19.1 Å². The van der Waals surface area contributed by atoms with Crippen LogP contribution >= 0.6 is 0 Å². The lowest BCUT2D eigenvalue weighted by Crippen LogP contribution is -2.27. The summed E-state index contributed by atoms with van der Waals surface area (Å²) in [6.45, 7) is 2.18. The van der Waals surface area contributed by atoms with Gasteiger partial charge in [0.2, 0.25) is 5.95 Å². The number of anilines is 1. The SMILES string of the molecule is N#Cc1cccc(CN2CCC(Nc3nccc(C(F)(F)F)n3)C2)c1. The van der Waals surface area contributed by atoms with Gasteiger partial charge in [-0.2, -0.15) is 18.4 Å². The van der Waals surface area contributed by atoms with Gasteiger partial charge in [0.1, 0.15) is 5.69 Å². The molecule has 0 aliphatic carbocycles. The van der Waals surface area contributed by atoms with Gasteiger partial charge in [0.25, 0.3) is 0 Å². The van der Waals surface area contributed by atoms with Crippen molar-refractivity contribution in [3.8, 4) is 6.07 Å². The van der Waals surface area contributed by atoms with Crippen molar-refractivity contribution in [2.75, 3.05) is 18.4 Å². The van der Waals surface area contributed by atoms with E-state index in [9.17, 15) is 13.2 Å². The molecule has 1 fully saturated rings. The van der Waals surface area contributed by atoms with Crippen LogP contribution in [0.25, 0.3) is 0 Å². The standard InChI is InChI=1S/C17H16F3N5/c18-17(19,20)15-4-6-22-16(24-15)23-14-5-7-25(11-14)10-13-3-1-2-12(8-13)9-21/h1-4,6,8,14H,5,7,10-11H2,(H,22,23,24). The van der Waals surface area contributed by atoms with Gasteiger partial charge in [-0.25, -0.2) is 9.97 Å². The van der Waals surface area contributed by atoms with Crippen molar-refractivity contribution in [3.05, 3.63) is 53.3 Å². The molecule has 2 heterocycles. The molecule has 1 aromatic heterocycles. The second-order valence-corrected chi connectivity index (χ2v) is 5.94. The summed E-state index contributed by atoms with van der Waals surface area (Å²) in [4.78, 5) is 9.59. The van der Waals surface area contributed by atoms with Gasteiger partial charge in [0, 0.05) is 31.9 Å². The first-order valence-electron chi connectivity index (χ1n) is 7.82. The Morgan fingerprint density at radius 3 is 2.92 bits per heavy atom. The van der Waals surface area contributed by atoms with Gasteiger partial charge in [-0.15, -0.1) is 0 Å². The first-order chi connectivity index (χ1) is 11.9. The Bertz CT molecular complexity index is 784. The second kappa shape index (κ2) is 7.07. The highest BCUT2D eigenvalue weighted by molar-refractivity contribution is 5.33. The highest BCUT2D eigenvalue weighted by Crippen LogP contribution is 2.27. The Morgan fingerprint density at radius 2 is 2.16 bits per heavy atom. The summed E-state index contributed by atoms with van der Waals surface area (Å²) >= 11 is 0. The summed E-state index contributed by atoms with van der Waals surface area (Å²) in [6.07, 6.45) is -2.58. The molecule has 1 aliphatic rings. The number of nitrogens with zero attached hydrogens (tertiary/aromatic N) is 4. The molecule has 2 aromatic rings. The Morgan fingerprint density at radius 1 is 1.32 bits per heavy atom. The minimum absolute atomic E-state index is 0.00634. The summed E-state index contributed by atoms with van der Waals surface area (Å²) in [5, 5.41) is 11.9. The number of alkyl halides is 3. The van der Waals surface area contributed by atoms with Crippen molar-refractivity contribution in [3.63, 3.8) is 0 Å². The van der Waals surface area contributed by atoms with E-state index in [4.69, 9.17) is 5.26 Å². The number of aromatic nitrogens is 2. The number of likely N-dealkylation sites (tertiary alicyclic amines) is 1. The van der Waals surface area contributed by atoms with Crippen LogP contribution in [0, 0.1) is 11.3 Å². The molecule has 1 aliphatic heterocycles. The van der Waals surface area contributed by atoms with Crippen molar-refractivity contribution in [1.82, 2.24) is 14.9 Å². The average Bonchev–Trinajstić information content (AvgIpc) is 3.01. The number of rotatable bonds is 4. The Labute approximate surface area is 143 Å². The minimum Gasteiger partial charge on any atom is -0.350 e. The smallest absolute Gasteiger partial charge is 0.350 e. The van der Waals surface area contributed by atoms with E-state index >= 15 is 0 Å². The summed E-state index contributed by atoms with van der Waals surface area (Å²) in [6, 6.07) is 10.4. The summed E-state index contributed by atoms with van der Waals surface area (Å²) in [5.74, 6) is -0.00634. The van der Waals surface area contributed by atoms with Crippen LogP contribution < -0.4 is 5.32 Å². The van der Waals surface area contributed by atoms with Gasteiger partial charge >= 0.3 is 6.18 Å². The van der Waals surface area contributed by atoms with Crippen molar-refractivity contribution in [1.29, 1.82) is 5.26 Å². The quantitative estimate of drug-likeness (QED) is 0.921. The van der Waals surface area contributed by atoms with E-state index in [1.54, 1.807) is 6.07 Å². The van der Waals surface area contributed by atoms with E-state index in [1.807, 2.05) is 18.2 Å². The maximum atomic E-state index is 12.7. The van der Waals surface area contributed by atoms with Gasteiger partial charge < -0.3 is 5.32 Å². The molecule has 0 saturated carbocycles. The lowest BCUT2D eigenvalue weighted by molar-refractivity contribution is -0.141. The Balaban J connectivity index is 1.59. The maximum Gasteiger partial charge on any atom is 0.433 e. The lowest BCUT2D eigenvalue weighted by Gasteiger charge is -2.17. The average molecular weight is 347 g/mol. The maximum absolute atomic E-state index is 12.7. The predicted molar refractivity (Wildman–Crippen MR) is 85.5 cm³/mol. The van der Waals surface area contributed by atoms with Crippen LogP contribution in [0.5, 0.6) is 0 Å². The van der Waals surface area contributed by atoms with Gasteiger partial charge in [-0.05, 0) is 30.2 Å². The van der Waals surface area contributed by atoms with Crippen molar-refractivity contribution in [2.24, 2.45) is 0 Å². The summed E-state index contributed by atoms with van der Waals surface area (Å²) < 4.78 is 38.1. The van der Waals surface area contributed by atoms with E-state index in [-0.39, 0.29) is 12.0 Å². The Kier molecular flexibility index (Phi) is 4.86.